The van der Waals surface area contributed by atoms with Crippen LogP contribution in [0.5, 0.6) is 0 Å². The largest absolute Gasteiger partial charge is 0.305 e. The molecule has 0 saturated carbocycles. The monoisotopic (exact) mass is 296 g/mol. The molecule has 0 spiro atoms. The second-order valence-electron chi connectivity index (χ2n) is 4.38. The van der Waals surface area contributed by atoms with Gasteiger partial charge in [0.15, 0.2) is 5.17 Å². The predicted molar refractivity (Wildman–Crippen MR) is 86.1 cm³/mol. The number of nitrogens with one attached hydrogen (secondary N) is 2. The van der Waals surface area contributed by atoms with E-state index in [9.17, 15) is 4.79 Å². The van der Waals surface area contributed by atoms with Gasteiger partial charge in [-0.05, 0) is 18.1 Å². The van der Waals surface area contributed by atoms with Crippen LogP contribution in [-0.4, -0.2) is 16.3 Å². The molecule has 1 aromatic heterocycles. The van der Waals surface area contributed by atoms with Crippen LogP contribution in [0.4, 0.5) is 0 Å². The zero-order valence-electron chi connectivity index (χ0n) is 11.6. The number of amides is 1. The van der Waals surface area contributed by atoms with Gasteiger partial charge in [0.25, 0.3) is 0 Å². The lowest BCUT2D eigenvalue weighted by Gasteiger charge is -2.07. The Morgan fingerprint density at radius 3 is 2.79 bits per heavy atom. The Bertz CT molecular complexity index is 478. The number of amidine groups is 1. The van der Waals surface area contributed by atoms with Crippen LogP contribution in [-0.2, 0) is 17.6 Å². The maximum absolute atomic E-state index is 11.8. The van der Waals surface area contributed by atoms with Crippen LogP contribution < -0.4 is 5.32 Å². The first-order valence-electron chi connectivity index (χ1n) is 6.25. The summed E-state index contributed by atoms with van der Waals surface area (Å²) in [5.41, 5.74) is 1.23. The third-order valence-corrected chi connectivity index (χ3v) is 4.38. The average molecular weight is 296 g/mol. The molecule has 0 bridgehead atoms. The van der Waals surface area contributed by atoms with Crippen molar-refractivity contribution in [2.75, 3.05) is 0 Å². The topological polar surface area (TPSA) is 53.0 Å². The fraction of sp³-hybridized carbons (Fsp3) is 0.429. The number of thiophene rings is 1. The summed E-state index contributed by atoms with van der Waals surface area (Å²) in [6.07, 6.45) is 3.10. The summed E-state index contributed by atoms with van der Waals surface area (Å²) in [6, 6.07) is 2.06. The second-order valence-corrected chi connectivity index (χ2v) is 7.14. The lowest BCUT2D eigenvalue weighted by atomic mass is 10.2. The summed E-state index contributed by atoms with van der Waals surface area (Å²) >= 11 is 2.95. The fourth-order valence-corrected chi connectivity index (χ4v) is 3.38. The molecule has 0 fully saturated rings. The van der Waals surface area contributed by atoms with Crippen molar-refractivity contribution in [1.29, 1.82) is 5.41 Å². The lowest BCUT2D eigenvalue weighted by molar-refractivity contribution is -0.118. The Morgan fingerprint density at radius 1 is 1.63 bits per heavy atom. The first kappa shape index (κ1) is 16.0. The molecule has 0 saturated heterocycles. The van der Waals surface area contributed by atoms with E-state index in [0.717, 1.165) is 16.2 Å². The highest BCUT2D eigenvalue weighted by Gasteiger charge is 2.11. The Labute approximate surface area is 123 Å². The maximum atomic E-state index is 11.8. The van der Waals surface area contributed by atoms with E-state index < -0.39 is 0 Å². The average Bonchev–Trinajstić information content (AvgIpc) is 2.69. The summed E-state index contributed by atoms with van der Waals surface area (Å²) in [4.78, 5) is 14.0. The minimum atomic E-state index is -0.127. The number of thioether (sulfide) groups is 1. The van der Waals surface area contributed by atoms with Gasteiger partial charge in [-0.2, -0.15) is 0 Å². The molecule has 1 heterocycles. The first-order chi connectivity index (χ1) is 8.96. The second kappa shape index (κ2) is 7.50. The van der Waals surface area contributed by atoms with Gasteiger partial charge in [0.05, 0.1) is 6.42 Å². The van der Waals surface area contributed by atoms with Gasteiger partial charge in [0, 0.05) is 15.0 Å². The van der Waals surface area contributed by atoms with Crippen LogP contribution in [0.1, 0.15) is 36.1 Å². The molecule has 19 heavy (non-hydrogen) atoms. The molecule has 2 N–H and O–H groups in total. The van der Waals surface area contributed by atoms with E-state index in [2.05, 4.69) is 24.9 Å². The molecule has 1 aromatic rings. The molecule has 3 nitrogen and oxygen atoms in total. The van der Waals surface area contributed by atoms with E-state index in [4.69, 9.17) is 5.41 Å². The van der Waals surface area contributed by atoms with E-state index in [1.807, 2.05) is 19.9 Å². The lowest BCUT2D eigenvalue weighted by Crippen LogP contribution is -2.29. The Kier molecular flexibility index (Phi) is 6.31. The number of carbonyl (C=O) groups is 1. The molecule has 0 aliphatic carbocycles. The van der Waals surface area contributed by atoms with Crippen LogP contribution in [0, 0.1) is 5.41 Å². The Balaban J connectivity index is 2.59. The normalized spacial score (nSPS) is 10.5. The third kappa shape index (κ3) is 5.20. The highest BCUT2D eigenvalue weighted by Crippen LogP contribution is 2.24. The van der Waals surface area contributed by atoms with Crippen molar-refractivity contribution in [3.63, 3.8) is 0 Å². The molecule has 0 aromatic carbocycles. The van der Waals surface area contributed by atoms with Gasteiger partial charge in [-0.25, -0.2) is 0 Å². The van der Waals surface area contributed by atoms with Gasteiger partial charge < -0.3 is 5.32 Å². The van der Waals surface area contributed by atoms with Crippen LogP contribution in [0.3, 0.4) is 0 Å². The molecule has 0 unspecified atom stereocenters. The molecular formula is C14H20N2OS2. The minimum Gasteiger partial charge on any atom is -0.305 e. The fourth-order valence-electron chi connectivity index (χ4n) is 1.63. The summed E-state index contributed by atoms with van der Waals surface area (Å²) in [7, 11) is 0. The predicted octanol–water partition coefficient (Wildman–Crippen LogP) is 3.69. The number of hydrogen-bond donors (Lipinski definition) is 2. The van der Waals surface area contributed by atoms with Gasteiger partial charge in [-0.15, -0.1) is 11.3 Å². The van der Waals surface area contributed by atoms with Crippen LogP contribution in [0.2, 0.25) is 0 Å². The molecule has 1 amide bonds. The van der Waals surface area contributed by atoms with Crippen LogP contribution in [0.15, 0.2) is 12.6 Å². The van der Waals surface area contributed by atoms with Crippen molar-refractivity contribution in [2.24, 2.45) is 0 Å². The first-order valence-corrected chi connectivity index (χ1v) is 7.95. The summed E-state index contributed by atoms with van der Waals surface area (Å²) in [5.74, 6) is -0.127. The standard InChI is InChI=1S/C14H20N2OS2/c1-5-10-7-11(19-12(10)6-2)8-13(17)16-14(15)18-9(3)4/h6-7,9H,2,5,8H2,1,3-4H3,(H2,15,16,17). The molecule has 0 atom stereocenters. The number of rotatable bonds is 5. The Hall–Kier alpha value is -1.07. The van der Waals surface area contributed by atoms with Crippen molar-refractivity contribution in [3.8, 4) is 0 Å². The van der Waals surface area contributed by atoms with Crippen molar-refractivity contribution in [1.82, 2.24) is 5.32 Å². The molecule has 0 aliphatic rings. The van der Waals surface area contributed by atoms with Gasteiger partial charge in [0.1, 0.15) is 0 Å². The number of carbonyl (C=O) groups excluding carboxylic acids is 1. The van der Waals surface area contributed by atoms with Crippen molar-refractivity contribution < 1.29 is 4.79 Å². The molecule has 5 heteroatoms. The molecule has 0 aliphatic heterocycles. The highest BCUT2D eigenvalue weighted by atomic mass is 32.2. The van der Waals surface area contributed by atoms with Crippen LogP contribution >= 0.6 is 23.1 Å². The Morgan fingerprint density at radius 2 is 2.32 bits per heavy atom. The van der Waals surface area contributed by atoms with Crippen molar-refractivity contribution >= 4 is 40.2 Å². The summed E-state index contributed by atoms with van der Waals surface area (Å²) < 4.78 is 0. The number of aryl methyl sites for hydroxylation is 1. The van der Waals surface area contributed by atoms with Gasteiger partial charge in [0.2, 0.25) is 5.91 Å². The highest BCUT2D eigenvalue weighted by molar-refractivity contribution is 8.14. The van der Waals surface area contributed by atoms with E-state index in [1.54, 1.807) is 11.3 Å². The smallest absolute Gasteiger partial charge is 0.231 e. The van der Waals surface area contributed by atoms with Gasteiger partial charge in [-0.3, -0.25) is 10.2 Å². The zero-order chi connectivity index (χ0) is 14.4. The van der Waals surface area contributed by atoms with Crippen molar-refractivity contribution in [2.45, 2.75) is 38.9 Å². The van der Waals surface area contributed by atoms with E-state index in [0.29, 0.717) is 11.7 Å². The van der Waals surface area contributed by atoms with Crippen LogP contribution in [0.25, 0.3) is 6.08 Å². The summed E-state index contributed by atoms with van der Waals surface area (Å²) in [5, 5.41) is 10.8. The number of hydrogen-bond acceptors (Lipinski definition) is 4. The SMILES string of the molecule is C=Cc1sc(CC(=O)NC(=N)SC(C)C)cc1CC. The van der Waals surface area contributed by atoms with E-state index >= 15 is 0 Å². The molecule has 0 radical (unpaired) electrons. The molecule has 104 valence electrons. The van der Waals surface area contributed by atoms with Gasteiger partial charge >= 0.3 is 0 Å². The quantitative estimate of drug-likeness (QED) is 0.643. The third-order valence-electron chi connectivity index (χ3n) is 2.40. The van der Waals surface area contributed by atoms with E-state index in [-0.39, 0.29) is 11.1 Å². The van der Waals surface area contributed by atoms with Crippen molar-refractivity contribution in [3.05, 3.63) is 28.0 Å². The van der Waals surface area contributed by atoms with E-state index in [1.165, 1.54) is 17.3 Å². The molecule has 1 rings (SSSR count). The minimum absolute atomic E-state index is 0.127. The molecular weight excluding hydrogens is 276 g/mol. The maximum Gasteiger partial charge on any atom is 0.231 e. The zero-order valence-corrected chi connectivity index (χ0v) is 13.2. The van der Waals surface area contributed by atoms with Gasteiger partial charge in [-0.1, -0.05) is 45.2 Å². The summed E-state index contributed by atoms with van der Waals surface area (Å²) in [6.45, 7) is 9.87.